The van der Waals surface area contributed by atoms with E-state index in [2.05, 4.69) is 4.74 Å². The molecular weight excluding hydrogens is 256 g/mol. The first kappa shape index (κ1) is 15.3. The summed E-state index contributed by atoms with van der Waals surface area (Å²) >= 11 is -3.95. The minimum Gasteiger partial charge on any atom is -0.466 e. The van der Waals surface area contributed by atoms with Crippen LogP contribution >= 0.6 is 0 Å². The normalized spacial score (nSPS) is 14.6. The lowest BCUT2D eigenvalue weighted by atomic mass is 10.2. The highest BCUT2D eigenvalue weighted by molar-refractivity contribution is 7.80. The van der Waals surface area contributed by atoms with Gasteiger partial charge in [-0.05, 0) is 6.42 Å². The summed E-state index contributed by atoms with van der Waals surface area (Å²) in [4.78, 5) is 10.2. The van der Waals surface area contributed by atoms with Crippen molar-refractivity contribution in [2.45, 2.75) is 30.9 Å². The molecule has 1 unspecified atom stereocenters. The van der Waals surface area contributed by atoms with Gasteiger partial charge in [0, 0.05) is 13.3 Å². The summed E-state index contributed by atoms with van der Waals surface area (Å²) < 4.78 is 72.7. The molecule has 0 fully saturated rings. The predicted octanol–water partition coefficient (Wildman–Crippen LogP) is 1.78. The van der Waals surface area contributed by atoms with E-state index < -0.39 is 47.7 Å². The molecule has 16 heavy (non-hydrogen) atoms. The molecule has 0 saturated carbocycles. The molecular formula is C7H10F4O4S. The molecule has 0 aliphatic rings. The average Bonchev–Trinajstić information content (AvgIpc) is 2.11. The first-order valence-corrected chi connectivity index (χ1v) is 5.22. The van der Waals surface area contributed by atoms with Gasteiger partial charge in [-0.15, -0.1) is 0 Å². The fraction of sp³-hybridized carbons (Fsp3) is 0.857. The quantitative estimate of drug-likeness (QED) is 0.344. The monoisotopic (exact) mass is 266 g/mol. The Morgan fingerprint density at radius 1 is 1.38 bits per heavy atom. The molecule has 1 atom stereocenters. The fourth-order valence-electron chi connectivity index (χ4n) is 0.783. The van der Waals surface area contributed by atoms with E-state index in [1.54, 1.807) is 0 Å². The van der Waals surface area contributed by atoms with Crippen LogP contribution in [0.3, 0.4) is 0 Å². The highest BCUT2D eigenvalue weighted by Gasteiger charge is 2.60. The van der Waals surface area contributed by atoms with E-state index >= 15 is 0 Å². The average molecular weight is 266 g/mol. The first-order valence-electron chi connectivity index (χ1n) is 4.11. The standard InChI is InChI=1S/C7H10F4O4S/c1-5(12)15-4-2-3-6(8,9)7(10,11)16(13)14/h2-4H2,1H3,(H,13,14). The van der Waals surface area contributed by atoms with Gasteiger partial charge < -0.3 is 9.29 Å². The van der Waals surface area contributed by atoms with Crippen LogP contribution in [0.15, 0.2) is 0 Å². The van der Waals surface area contributed by atoms with Crippen molar-refractivity contribution in [1.29, 1.82) is 0 Å². The van der Waals surface area contributed by atoms with Crippen LogP contribution in [0.25, 0.3) is 0 Å². The molecule has 96 valence electrons. The lowest BCUT2D eigenvalue weighted by Crippen LogP contribution is -2.43. The Morgan fingerprint density at radius 2 is 1.88 bits per heavy atom. The van der Waals surface area contributed by atoms with Crippen LogP contribution in [0.1, 0.15) is 19.8 Å². The molecule has 0 aromatic carbocycles. The molecule has 0 aliphatic heterocycles. The molecule has 0 rings (SSSR count). The number of rotatable bonds is 6. The molecule has 1 N–H and O–H groups in total. The number of carbonyl (C=O) groups excluding carboxylic acids is 1. The molecule has 0 aromatic rings. The zero-order valence-electron chi connectivity index (χ0n) is 8.21. The maximum atomic E-state index is 12.7. The second-order valence-electron chi connectivity index (χ2n) is 2.91. The van der Waals surface area contributed by atoms with Crippen LogP contribution in [0.2, 0.25) is 0 Å². The molecule has 4 nitrogen and oxygen atoms in total. The van der Waals surface area contributed by atoms with Crippen molar-refractivity contribution in [3.63, 3.8) is 0 Å². The van der Waals surface area contributed by atoms with Gasteiger partial charge in [0.1, 0.15) is 0 Å². The molecule has 0 amide bonds. The van der Waals surface area contributed by atoms with E-state index in [1.807, 2.05) is 0 Å². The number of alkyl halides is 4. The SMILES string of the molecule is CC(=O)OCCCC(F)(F)C(F)(F)S(=O)O. The van der Waals surface area contributed by atoms with Crippen LogP contribution in [-0.4, -0.2) is 32.5 Å². The molecule has 0 spiro atoms. The second-order valence-corrected chi connectivity index (χ2v) is 3.93. The van der Waals surface area contributed by atoms with Crippen LogP contribution in [-0.2, 0) is 20.6 Å². The second kappa shape index (κ2) is 5.58. The van der Waals surface area contributed by atoms with Crippen molar-refractivity contribution in [2.24, 2.45) is 0 Å². The Bertz CT molecular complexity index is 282. The number of esters is 1. The van der Waals surface area contributed by atoms with Gasteiger partial charge in [-0.25, -0.2) is 4.21 Å². The van der Waals surface area contributed by atoms with E-state index in [9.17, 15) is 26.6 Å². The zero-order valence-corrected chi connectivity index (χ0v) is 9.03. The van der Waals surface area contributed by atoms with E-state index in [0.29, 0.717) is 0 Å². The molecule has 0 radical (unpaired) electrons. The molecule has 0 aliphatic carbocycles. The summed E-state index contributed by atoms with van der Waals surface area (Å²) in [6.07, 6.45) is -1.88. The lowest BCUT2D eigenvalue weighted by molar-refractivity contribution is -0.164. The maximum absolute atomic E-state index is 12.7. The Kier molecular flexibility index (Phi) is 5.33. The number of ether oxygens (including phenoxy) is 1. The van der Waals surface area contributed by atoms with Crippen molar-refractivity contribution in [2.75, 3.05) is 6.61 Å². The summed E-state index contributed by atoms with van der Waals surface area (Å²) in [5.41, 5.74) is 0. The van der Waals surface area contributed by atoms with Crippen LogP contribution in [0, 0.1) is 0 Å². The minimum atomic E-state index is -5.01. The van der Waals surface area contributed by atoms with Gasteiger partial charge in [0.05, 0.1) is 6.61 Å². The Morgan fingerprint density at radius 3 is 2.25 bits per heavy atom. The summed E-state index contributed by atoms with van der Waals surface area (Å²) in [5.74, 6) is -5.34. The summed E-state index contributed by atoms with van der Waals surface area (Å²) in [6.45, 7) is 0.592. The van der Waals surface area contributed by atoms with Gasteiger partial charge in [-0.3, -0.25) is 4.79 Å². The number of halogens is 4. The molecule has 0 heterocycles. The molecule has 0 aromatic heterocycles. The highest BCUT2D eigenvalue weighted by Crippen LogP contribution is 2.39. The zero-order chi connectivity index (χ0) is 13.0. The Labute approximate surface area is 91.2 Å². The van der Waals surface area contributed by atoms with E-state index in [1.165, 1.54) is 0 Å². The van der Waals surface area contributed by atoms with E-state index in [-0.39, 0.29) is 0 Å². The third-order valence-corrected chi connectivity index (χ3v) is 2.32. The van der Waals surface area contributed by atoms with Gasteiger partial charge in [-0.2, -0.15) is 17.6 Å². The van der Waals surface area contributed by atoms with Crippen molar-refractivity contribution in [3.05, 3.63) is 0 Å². The van der Waals surface area contributed by atoms with Crippen LogP contribution in [0.5, 0.6) is 0 Å². The number of hydrogen-bond donors (Lipinski definition) is 1. The smallest absolute Gasteiger partial charge is 0.406 e. The van der Waals surface area contributed by atoms with Gasteiger partial charge in [-0.1, -0.05) is 0 Å². The van der Waals surface area contributed by atoms with E-state index in [4.69, 9.17) is 4.55 Å². The number of carbonyl (C=O) groups is 1. The van der Waals surface area contributed by atoms with Crippen LogP contribution in [0.4, 0.5) is 17.6 Å². The van der Waals surface area contributed by atoms with Crippen molar-refractivity contribution in [1.82, 2.24) is 0 Å². The molecule has 9 heteroatoms. The van der Waals surface area contributed by atoms with Gasteiger partial charge in [0.15, 0.2) is 0 Å². The summed E-state index contributed by atoms with van der Waals surface area (Å²) in [7, 11) is 0. The fourth-order valence-corrected chi connectivity index (χ4v) is 1.14. The van der Waals surface area contributed by atoms with Crippen molar-refractivity contribution >= 4 is 17.0 Å². The highest BCUT2D eigenvalue weighted by atomic mass is 32.2. The Hall–Kier alpha value is -0.700. The lowest BCUT2D eigenvalue weighted by Gasteiger charge is -2.23. The maximum Gasteiger partial charge on any atom is 0.406 e. The minimum absolute atomic E-state index is 0.445. The topological polar surface area (TPSA) is 63.6 Å². The summed E-state index contributed by atoms with van der Waals surface area (Å²) in [6, 6.07) is 0. The molecule has 0 bridgehead atoms. The van der Waals surface area contributed by atoms with E-state index in [0.717, 1.165) is 6.92 Å². The predicted molar refractivity (Wildman–Crippen MR) is 46.5 cm³/mol. The largest absolute Gasteiger partial charge is 0.466 e. The molecule has 0 saturated heterocycles. The van der Waals surface area contributed by atoms with Crippen molar-refractivity contribution < 1.29 is 35.9 Å². The third kappa shape index (κ3) is 4.05. The first-order chi connectivity index (χ1) is 7.11. The van der Waals surface area contributed by atoms with Gasteiger partial charge >= 0.3 is 17.1 Å². The number of hydrogen-bond acceptors (Lipinski definition) is 3. The Balaban J connectivity index is 4.24. The third-order valence-electron chi connectivity index (χ3n) is 1.59. The van der Waals surface area contributed by atoms with Gasteiger partial charge in [0.2, 0.25) is 11.1 Å². The van der Waals surface area contributed by atoms with Crippen LogP contribution < -0.4 is 0 Å². The van der Waals surface area contributed by atoms with Gasteiger partial charge in [0.25, 0.3) is 0 Å². The summed E-state index contributed by atoms with van der Waals surface area (Å²) in [5, 5.41) is -5.01. The van der Waals surface area contributed by atoms with Crippen molar-refractivity contribution in [3.8, 4) is 0 Å².